The van der Waals surface area contributed by atoms with Gasteiger partial charge in [-0.05, 0) is 43.7 Å². The number of carbonyl (C=O) groups excluding carboxylic acids is 2. The summed E-state index contributed by atoms with van der Waals surface area (Å²) >= 11 is 14.0. The third-order valence-electron chi connectivity index (χ3n) is 7.16. The molecule has 0 saturated heterocycles. The number of nitrogens with zero attached hydrogens (tertiary/aromatic N) is 2. The van der Waals surface area contributed by atoms with Crippen molar-refractivity contribution in [3.8, 4) is 45.4 Å². The number of amides is 1. The fraction of sp³-hybridized carbons (Fsp3) is 0.273. The van der Waals surface area contributed by atoms with Gasteiger partial charge in [0.15, 0.2) is 5.78 Å². The van der Waals surface area contributed by atoms with Crippen molar-refractivity contribution in [3.05, 3.63) is 81.8 Å². The van der Waals surface area contributed by atoms with Crippen LogP contribution in [0.25, 0.3) is 33.6 Å². The van der Waals surface area contributed by atoms with E-state index in [1.165, 1.54) is 14.2 Å². The molecular formula is C33H35Cl2N5O4. The Morgan fingerprint density at radius 3 is 1.70 bits per heavy atom. The normalized spacial score (nSPS) is 12.4. The van der Waals surface area contributed by atoms with Crippen LogP contribution in [0.4, 0.5) is 0 Å². The summed E-state index contributed by atoms with van der Waals surface area (Å²) in [6, 6.07) is 17.7. The van der Waals surface area contributed by atoms with Gasteiger partial charge in [0.05, 0.1) is 41.2 Å². The number of hydrogen-bond acceptors (Lipinski definition) is 8. The van der Waals surface area contributed by atoms with Gasteiger partial charge in [0.2, 0.25) is 11.8 Å². The molecule has 0 saturated carbocycles. The van der Waals surface area contributed by atoms with Crippen molar-refractivity contribution in [2.75, 3.05) is 27.3 Å². The molecule has 2 heterocycles. The summed E-state index contributed by atoms with van der Waals surface area (Å²) in [5.41, 5.74) is 15.7. The Morgan fingerprint density at radius 2 is 1.23 bits per heavy atom. The first-order valence-electron chi connectivity index (χ1n) is 14.1. The molecule has 0 unspecified atom stereocenters. The first kappa shape index (κ1) is 32.9. The number of ether oxygens (including phenoxy) is 2. The van der Waals surface area contributed by atoms with Gasteiger partial charge in [-0.25, -0.2) is 9.97 Å². The molecule has 9 nitrogen and oxygen atoms in total. The molecule has 2 aromatic carbocycles. The highest BCUT2D eigenvalue weighted by molar-refractivity contribution is 6.39. The first-order valence-corrected chi connectivity index (χ1v) is 14.8. The summed E-state index contributed by atoms with van der Waals surface area (Å²) in [7, 11) is 2.92. The number of halogens is 2. The topological polar surface area (TPSA) is 142 Å². The maximum absolute atomic E-state index is 12.8. The quantitative estimate of drug-likeness (QED) is 0.160. The standard InChI is InChI=1S/C33H35Cl2N5O4/c1-18(16-36)15-28(41)24-11-13-26(39-32(24)43-3)22-9-5-7-20(29(22)34)21-8-6-10-23(30(21)35)27-14-12-25(33(40-27)44-4)31(42)38-19(2)17-37/h5-14,18-19H,15-17,36-37H2,1-4H3,(H,38,42)/t18-,19+/m1/s1. The van der Waals surface area contributed by atoms with Crippen molar-refractivity contribution in [2.45, 2.75) is 26.3 Å². The fourth-order valence-electron chi connectivity index (χ4n) is 4.62. The SMILES string of the molecule is COc1nc(-c2cccc(-c3cccc(-c4ccc(C(=O)N[C@@H](C)CN)c(OC)n4)c3Cl)c2Cl)ccc1C(=O)C[C@@H](C)CN. The average molecular weight is 637 g/mol. The van der Waals surface area contributed by atoms with Crippen LogP contribution in [-0.4, -0.2) is 55.0 Å². The molecule has 0 aliphatic carbocycles. The smallest absolute Gasteiger partial charge is 0.257 e. The Morgan fingerprint density at radius 1 is 0.750 bits per heavy atom. The number of rotatable bonds is 12. The minimum absolute atomic E-state index is 0.0393. The largest absolute Gasteiger partial charge is 0.480 e. The summed E-state index contributed by atoms with van der Waals surface area (Å²) in [5, 5.41) is 3.65. The predicted molar refractivity (Wildman–Crippen MR) is 175 cm³/mol. The van der Waals surface area contributed by atoms with Gasteiger partial charge in [0.1, 0.15) is 5.56 Å². The predicted octanol–water partition coefficient (Wildman–Crippen LogP) is 6.05. The Kier molecular flexibility index (Phi) is 10.9. The molecule has 5 N–H and O–H groups in total. The molecule has 0 bridgehead atoms. The van der Waals surface area contributed by atoms with E-state index in [0.717, 1.165) is 0 Å². The first-order chi connectivity index (χ1) is 21.1. The minimum atomic E-state index is -0.338. The lowest BCUT2D eigenvalue weighted by atomic mass is 9.97. The Balaban J connectivity index is 1.72. The van der Waals surface area contributed by atoms with Gasteiger partial charge in [-0.2, -0.15) is 0 Å². The van der Waals surface area contributed by atoms with E-state index in [2.05, 4.69) is 15.3 Å². The van der Waals surface area contributed by atoms with Crippen LogP contribution < -0.4 is 26.3 Å². The molecular weight excluding hydrogens is 601 g/mol. The molecule has 0 aliphatic rings. The number of carbonyl (C=O) groups is 2. The van der Waals surface area contributed by atoms with Crippen molar-refractivity contribution in [1.29, 1.82) is 0 Å². The number of aromatic nitrogens is 2. The van der Waals surface area contributed by atoms with Crippen LogP contribution >= 0.6 is 23.2 Å². The maximum atomic E-state index is 12.8. The second kappa shape index (κ2) is 14.6. The fourth-order valence-corrected chi connectivity index (χ4v) is 5.27. The molecule has 11 heteroatoms. The highest BCUT2D eigenvalue weighted by Gasteiger charge is 2.21. The molecule has 2 atom stereocenters. The van der Waals surface area contributed by atoms with E-state index in [4.69, 9.17) is 44.1 Å². The summed E-state index contributed by atoms with van der Waals surface area (Å²) in [6.07, 6.45) is 0.295. The highest BCUT2D eigenvalue weighted by Crippen LogP contribution is 2.42. The van der Waals surface area contributed by atoms with Crippen LogP contribution in [0.5, 0.6) is 11.8 Å². The number of benzene rings is 2. The van der Waals surface area contributed by atoms with E-state index in [1.807, 2.05) is 50.2 Å². The van der Waals surface area contributed by atoms with Gasteiger partial charge in [-0.3, -0.25) is 9.59 Å². The number of methoxy groups -OCH3 is 2. The molecule has 0 radical (unpaired) electrons. The van der Waals surface area contributed by atoms with Crippen LogP contribution in [0.15, 0.2) is 60.7 Å². The van der Waals surface area contributed by atoms with Crippen molar-refractivity contribution < 1.29 is 19.1 Å². The molecule has 0 aliphatic heterocycles. The summed E-state index contributed by atoms with van der Waals surface area (Å²) in [5.74, 6) is -0.0169. The average Bonchev–Trinajstić information content (AvgIpc) is 3.04. The molecule has 1 amide bonds. The van der Waals surface area contributed by atoms with Crippen LogP contribution in [-0.2, 0) is 0 Å². The maximum Gasteiger partial charge on any atom is 0.257 e. The molecule has 2 aromatic heterocycles. The van der Waals surface area contributed by atoms with Gasteiger partial charge in [-0.1, -0.05) is 66.5 Å². The Bertz CT molecular complexity index is 1560. The lowest BCUT2D eigenvalue weighted by molar-refractivity contribution is 0.0934. The third-order valence-corrected chi connectivity index (χ3v) is 7.97. The van der Waals surface area contributed by atoms with Crippen molar-refractivity contribution >= 4 is 34.9 Å². The van der Waals surface area contributed by atoms with Crippen LogP contribution in [0.2, 0.25) is 10.0 Å². The van der Waals surface area contributed by atoms with E-state index < -0.39 is 0 Å². The van der Waals surface area contributed by atoms with E-state index in [0.29, 0.717) is 68.8 Å². The highest BCUT2D eigenvalue weighted by atomic mass is 35.5. The molecule has 4 aromatic rings. The van der Waals surface area contributed by atoms with Crippen molar-refractivity contribution in [1.82, 2.24) is 15.3 Å². The summed E-state index contributed by atoms with van der Waals surface area (Å²) in [4.78, 5) is 34.7. The van der Waals surface area contributed by atoms with Gasteiger partial charge >= 0.3 is 0 Å². The minimum Gasteiger partial charge on any atom is -0.480 e. The number of pyridine rings is 2. The van der Waals surface area contributed by atoms with E-state index >= 15 is 0 Å². The van der Waals surface area contributed by atoms with Crippen molar-refractivity contribution in [3.63, 3.8) is 0 Å². The number of Topliss-reactive ketones (excluding diaryl/α,β-unsaturated/α-hetero) is 1. The summed E-state index contributed by atoms with van der Waals surface area (Å²) < 4.78 is 10.9. The van der Waals surface area contributed by atoms with Crippen molar-refractivity contribution in [2.24, 2.45) is 17.4 Å². The van der Waals surface area contributed by atoms with Gasteiger partial charge in [0, 0.05) is 41.3 Å². The monoisotopic (exact) mass is 635 g/mol. The van der Waals surface area contributed by atoms with E-state index in [9.17, 15) is 9.59 Å². The van der Waals surface area contributed by atoms with Gasteiger partial charge < -0.3 is 26.3 Å². The zero-order valence-corrected chi connectivity index (χ0v) is 26.5. The van der Waals surface area contributed by atoms with E-state index in [-0.39, 0.29) is 41.0 Å². The Labute approximate surface area is 266 Å². The lowest BCUT2D eigenvalue weighted by Gasteiger charge is -2.16. The lowest BCUT2D eigenvalue weighted by Crippen LogP contribution is -2.38. The zero-order valence-electron chi connectivity index (χ0n) is 25.0. The zero-order chi connectivity index (χ0) is 32.0. The second-order valence-electron chi connectivity index (χ2n) is 10.4. The summed E-state index contributed by atoms with van der Waals surface area (Å²) in [6.45, 7) is 4.44. The van der Waals surface area contributed by atoms with Crippen LogP contribution in [0, 0.1) is 5.92 Å². The number of nitrogens with one attached hydrogen (secondary N) is 1. The van der Waals surface area contributed by atoms with Crippen LogP contribution in [0.3, 0.4) is 0 Å². The van der Waals surface area contributed by atoms with Gasteiger partial charge in [0.25, 0.3) is 5.91 Å². The molecule has 4 rings (SSSR count). The van der Waals surface area contributed by atoms with E-state index in [1.54, 1.807) is 24.3 Å². The third kappa shape index (κ3) is 7.03. The van der Waals surface area contributed by atoms with Crippen LogP contribution in [0.1, 0.15) is 41.0 Å². The Hall–Kier alpha value is -4.02. The molecule has 44 heavy (non-hydrogen) atoms. The molecule has 0 spiro atoms. The molecule has 0 fully saturated rings. The second-order valence-corrected chi connectivity index (χ2v) is 11.2. The number of hydrogen-bond donors (Lipinski definition) is 3. The van der Waals surface area contributed by atoms with Gasteiger partial charge in [-0.15, -0.1) is 0 Å². The number of ketones is 1. The molecule has 230 valence electrons. The number of nitrogens with two attached hydrogens (primary N) is 2.